The molecule has 0 atom stereocenters. The summed E-state index contributed by atoms with van der Waals surface area (Å²) in [7, 11) is 0. The molecule has 0 aliphatic rings. The van der Waals surface area contributed by atoms with Crippen LogP contribution in [0.2, 0.25) is 0 Å². The largest absolute Gasteiger partial charge is 0.232 e. The zero-order chi connectivity index (χ0) is 11.5. The first-order valence-electron chi connectivity index (χ1n) is 4.30. The molecular weight excluding hydrogens is 202 g/mol. The van der Waals surface area contributed by atoms with Crippen LogP contribution >= 0.6 is 0 Å². The zero-order valence-electron chi connectivity index (χ0n) is 7.97. The molecule has 1 heterocycles. The monoisotopic (exact) mass is 205 g/mol. The van der Waals surface area contributed by atoms with E-state index in [4.69, 9.17) is 15.8 Å². The molecule has 1 aromatic carbocycles. The van der Waals surface area contributed by atoms with Crippen molar-refractivity contribution in [1.29, 1.82) is 15.8 Å². The van der Waals surface area contributed by atoms with Gasteiger partial charge in [-0.25, -0.2) is 9.97 Å². The van der Waals surface area contributed by atoms with E-state index in [1.54, 1.807) is 24.3 Å². The predicted molar refractivity (Wildman–Crippen MR) is 53.7 cm³/mol. The maximum absolute atomic E-state index is 8.77. The van der Waals surface area contributed by atoms with E-state index in [9.17, 15) is 0 Å². The van der Waals surface area contributed by atoms with Gasteiger partial charge in [0.15, 0.2) is 11.4 Å². The summed E-state index contributed by atoms with van der Waals surface area (Å²) in [6.45, 7) is 0. The minimum Gasteiger partial charge on any atom is -0.232 e. The van der Waals surface area contributed by atoms with Gasteiger partial charge in [0.25, 0.3) is 0 Å². The predicted octanol–water partition coefficient (Wildman–Crippen LogP) is 1.24. The van der Waals surface area contributed by atoms with Crippen LogP contribution in [-0.4, -0.2) is 9.97 Å². The molecule has 0 saturated heterocycles. The Labute approximate surface area is 90.8 Å². The van der Waals surface area contributed by atoms with Crippen LogP contribution in [0.4, 0.5) is 0 Å². The van der Waals surface area contributed by atoms with E-state index < -0.39 is 0 Å². The first-order chi connectivity index (χ1) is 7.78. The highest BCUT2D eigenvalue weighted by Gasteiger charge is 2.07. The molecule has 72 valence electrons. The number of rotatable bonds is 0. The van der Waals surface area contributed by atoms with Crippen molar-refractivity contribution in [2.24, 2.45) is 0 Å². The number of nitriles is 3. The standard InChI is InChI=1S/C11H3N5/c12-4-7-1-2-8-9(3-7)16-11(6-14)10(5-13)15-8/h1-3H. The number of nitrogens with zero attached hydrogens (tertiary/aromatic N) is 5. The summed E-state index contributed by atoms with van der Waals surface area (Å²) in [6, 6.07) is 10.3. The Kier molecular flexibility index (Phi) is 2.18. The third-order valence-electron chi connectivity index (χ3n) is 2.01. The zero-order valence-corrected chi connectivity index (χ0v) is 7.97. The molecule has 0 amide bonds. The third kappa shape index (κ3) is 1.41. The second-order valence-corrected chi connectivity index (χ2v) is 2.96. The fourth-order valence-electron chi connectivity index (χ4n) is 1.28. The van der Waals surface area contributed by atoms with E-state index in [1.807, 2.05) is 6.07 Å². The Morgan fingerprint density at radius 2 is 1.44 bits per heavy atom. The normalized spacial score (nSPS) is 9.06. The molecule has 16 heavy (non-hydrogen) atoms. The molecule has 0 fully saturated rings. The lowest BCUT2D eigenvalue weighted by Gasteiger charge is -1.98. The molecule has 0 bridgehead atoms. The maximum Gasteiger partial charge on any atom is 0.177 e. The fourth-order valence-corrected chi connectivity index (χ4v) is 1.28. The van der Waals surface area contributed by atoms with Crippen LogP contribution in [0.3, 0.4) is 0 Å². The minimum atomic E-state index is -0.0231. The van der Waals surface area contributed by atoms with Crippen LogP contribution in [-0.2, 0) is 0 Å². The number of fused-ring (bicyclic) bond motifs is 1. The summed E-state index contributed by atoms with van der Waals surface area (Å²) in [6.07, 6.45) is 0. The number of benzene rings is 1. The van der Waals surface area contributed by atoms with Gasteiger partial charge in [-0.1, -0.05) is 0 Å². The van der Waals surface area contributed by atoms with E-state index in [1.165, 1.54) is 6.07 Å². The van der Waals surface area contributed by atoms with Crippen LogP contribution in [0.15, 0.2) is 18.2 Å². The van der Waals surface area contributed by atoms with Gasteiger partial charge in [0, 0.05) is 0 Å². The molecule has 0 spiro atoms. The lowest BCUT2D eigenvalue weighted by Crippen LogP contribution is -1.95. The molecule has 0 aliphatic carbocycles. The van der Waals surface area contributed by atoms with E-state index in [0.29, 0.717) is 16.6 Å². The van der Waals surface area contributed by atoms with Crippen molar-refractivity contribution in [2.45, 2.75) is 0 Å². The number of aromatic nitrogens is 2. The molecule has 0 unspecified atom stereocenters. The first kappa shape index (κ1) is 9.58. The summed E-state index contributed by atoms with van der Waals surface area (Å²) in [4.78, 5) is 7.96. The average Bonchev–Trinajstić information content (AvgIpc) is 2.36. The number of hydrogen-bond acceptors (Lipinski definition) is 5. The Morgan fingerprint density at radius 3 is 2.00 bits per heavy atom. The molecular formula is C11H3N5. The highest BCUT2D eigenvalue weighted by Crippen LogP contribution is 2.13. The quantitative estimate of drug-likeness (QED) is 0.644. The van der Waals surface area contributed by atoms with Gasteiger partial charge in [0.05, 0.1) is 22.7 Å². The Morgan fingerprint density at radius 1 is 0.812 bits per heavy atom. The van der Waals surface area contributed by atoms with Crippen LogP contribution in [0, 0.1) is 34.0 Å². The van der Waals surface area contributed by atoms with E-state index in [2.05, 4.69) is 9.97 Å². The van der Waals surface area contributed by atoms with E-state index >= 15 is 0 Å². The van der Waals surface area contributed by atoms with Crippen LogP contribution in [0.5, 0.6) is 0 Å². The van der Waals surface area contributed by atoms with Gasteiger partial charge in [0.1, 0.15) is 12.1 Å². The second kappa shape index (κ2) is 3.65. The Balaban J connectivity index is 2.82. The van der Waals surface area contributed by atoms with Gasteiger partial charge in [-0.2, -0.15) is 15.8 Å². The SMILES string of the molecule is N#Cc1ccc2nc(C#N)c(C#N)nc2c1. The summed E-state index contributed by atoms with van der Waals surface area (Å²) in [5, 5.41) is 26.2. The highest BCUT2D eigenvalue weighted by molar-refractivity contribution is 5.77. The fraction of sp³-hybridized carbons (Fsp3) is 0. The van der Waals surface area contributed by atoms with Gasteiger partial charge >= 0.3 is 0 Å². The van der Waals surface area contributed by atoms with Crippen molar-refractivity contribution in [3.8, 4) is 18.2 Å². The molecule has 0 aliphatic heterocycles. The van der Waals surface area contributed by atoms with Crippen LogP contribution < -0.4 is 0 Å². The van der Waals surface area contributed by atoms with Gasteiger partial charge in [-0.05, 0) is 18.2 Å². The van der Waals surface area contributed by atoms with Crippen molar-refractivity contribution >= 4 is 11.0 Å². The summed E-state index contributed by atoms with van der Waals surface area (Å²) < 4.78 is 0. The van der Waals surface area contributed by atoms with Crippen molar-refractivity contribution in [3.05, 3.63) is 35.2 Å². The lowest BCUT2D eigenvalue weighted by atomic mass is 10.2. The second-order valence-electron chi connectivity index (χ2n) is 2.96. The minimum absolute atomic E-state index is 0.000271. The summed E-state index contributed by atoms with van der Waals surface area (Å²) in [5.41, 5.74) is 1.35. The maximum atomic E-state index is 8.77. The van der Waals surface area contributed by atoms with E-state index in [-0.39, 0.29) is 11.4 Å². The molecule has 5 heteroatoms. The number of hydrogen-bond donors (Lipinski definition) is 0. The van der Waals surface area contributed by atoms with E-state index in [0.717, 1.165) is 0 Å². The molecule has 0 radical (unpaired) electrons. The summed E-state index contributed by atoms with van der Waals surface area (Å²) >= 11 is 0. The summed E-state index contributed by atoms with van der Waals surface area (Å²) in [5.74, 6) is 0. The molecule has 1 aromatic heterocycles. The van der Waals surface area contributed by atoms with Crippen LogP contribution in [0.1, 0.15) is 17.0 Å². The highest BCUT2D eigenvalue weighted by atomic mass is 14.8. The van der Waals surface area contributed by atoms with Gasteiger partial charge < -0.3 is 0 Å². The molecule has 2 aromatic rings. The third-order valence-corrected chi connectivity index (χ3v) is 2.01. The van der Waals surface area contributed by atoms with Gasteiger partial charge in [-0.3, -0.25) is 0 Å². The van der Waals surface area contributed by atoms with Gasteiger partial charge in [0.2, 0.25) is 0 Å². The Bertz CT molecular complexity index is 697. The molecule has 5 nitrogen and oxygen atoms in total. The van der Waals surface area contributed by atoms with Crippen molar-refractivity contribution in [2.75, 3.05) is 0 Å². The topological polar surface area (TPSA) is 97.1 Å². The average molecular weight is 205 g/mol. The Hall–Kier alpha value is -2.97. The van der Waals surface area contributed by atoms with Crippen molar-refractivity contribution in [3.63, 3.8) is 0 Å². The van der Waals surface area contributed by atoms with Gasteiger partial charge in [-0.15, -0.1) is 0 Å². The lowest BCUT2D eigenvalue weighted by molar-refractivity contribution is 1.20. The first-order valence-corrected chi connectivity index (χ1v) is 4.30. The molecule has 0 saturated carbocycles. The van der Waals surface area contributed by atoms with Crippen LogP contribution in [0.25, 0.3) is 11.0 Å². The van der Waals surface area contributed by atoms with Crippen molar-refractivity contribution < 1.29 is 0 Å². The van der Waals surface area contributed by atoms with Crippen molar-refractivity contribution in [1.82, 2.24) is 9.97 Å². The smallest absolute Gasteiger partial charge is 0.177 e. The molecule has 0 N–H and O–H groups in total. The molecule has 2 rings (SSSR count).